The summed E-state index contributed by atoms with van der Waals surface area (Å²) in [6.45, 7) is 3.52. The van der Waals surface area contributed by atoms with Gasteiger partial charge in [-0.05, 0) is 78.4 Å². The van der Waals surface area contributed by atoms with E-state index in [0.29, 0.717) is 16.8 Å². The minimum Gasteiger partial charge on any atom is -0.322 e. The lowest BCUT2D eigenvalue weighted by Gasteiger charge is -2.07. The largest absolute Gasteiger partial charge is 0.322 e. The van der Waals surface area contributed by atoms with E-state index in [1.54, 1.807) is 30.3 Å². The summed E-state index contributed by atoms with van der Waals surface area (Å²) in [5.41, 5.74) is 3.08. The van der Waals surface area contributed by atoms with Crippen LogP contribution in [0.15, 0.2) is 42.5 Å². The highest BCUT2D eigenvalue weighted by Gasteiger charge is 2.08. The van der Waals surface area contributed by atoms with Crippen molar-refractivity contribution in [2.24, 2.45) is 0 Å². The van der Waals surface area contributed by atoms with Gasteiger partial charge in [-0.3, -0.25) is 9.59 Å². The number of ketones is 1. The number of anilines is 1. The van der Waals surface area contributed by atoms with E-state index in [2.05, 4.69) is 27.9 Å². The van der Waals surface area contributed by atoms with Gasteiger partial charge in [0.2, 0.25) is 0 Å². The van der Waals surface area contributed by atoms with Gasteiger partial charge in [0.1, 0.15) is 0 Å². The highest BCUT2D eigenvalue weighted by atomic mass is 127. The standard InChI is InChI=1S/C16H14INO2/c1-10-3-4-13(9-15(10)17)16(20)18-14-7-5-12(6-8-14)11(2)19/h3-9H,1-2H3,(H,18,20). The molecule has 0 aromatic heterocycles. The minimum atomic E-state index is -0.154. The topological polar surface area (TPSA) is 46.2 Å². The first-order chi connectivity index (χ1) is 9.47. The molecule has 0 fully saturated rings. The maximum atomic E-state index is 12.1. The number of amides is 1. The molecule has 2 aromatic carbocycles. The zero-order chi connectivity index (χ0) is 14.7. The van der Waals surface area contributed by atoms with Gasteiger partial charge in [0.05, 0.1) is 0 Å². The quantitative estimate of drug-likeness (QED) is 0.646. The molecule has 0 spiro atoms. The zero-order valence-corrected chi connectivity index (χ0v) is 13.4. The molecule has 1 N–H and O–H groups in total. The molecule has 2 aromatic rings. The number of rotatable bonds is 3. The van der Waals surface area contributed by atoms with Crippen LogP contribution in [0.25, 0.3) is 0 Å². The van der Waals surface area contributed by atoms with E-state index >= 15 is 0 Å². The van der Waals surface area contributed by atoms with Crippen molar-refractivity contribution in [3.63, 3.8) is 0 Å². The Kier molecular flexibility index (Phi) is 4.54. The number of carbonyl (C=O) groups excluding carboxylic acids is 2. The summed E-state index contributed by atoms with van der Waals surface area (Å²) < 4.78 is 1.06. The molecule has 0 heterocycles. The molecule has 0 radical (unpaired) electrons. The normalized spacial score (nSPS) is 10.2. The average molecular weight is 379 g/mol. The van der Waals surface area contributed by atoms with Crippen molar-refractivity contribution in [3.8, 4) is 0 Å². The number of Topliss-reactive ketones (excluding diaryl/α,β-unsaturated/α-hetero) is 1. The summed E-state index contributed by atoms with van der Waals surface area (Å²) in [7, 11) is 0. The zero-order valence-electron chi connectivity index (χ0n) is 11.2. The third-order valence-corrected chi connectivity index (χ3v) is 4.15. The number of aryl methyl sites for hydroxylation is 1. The van der Waals surface area contributed by atoms with E-state index in [4.69, 9.17) is 0 Å². The van der Waals surface area contributed by atoms with Crippen LogP contribution >= 0.6 is 22.6 Å². The Bertz CT molecular complexity index is 663. The first-order valence-electron chi connectivity index (χ1n) is 6.16. The average Bonchev–Trinajstić information content (AvgIpc) is 2.42. The Morgan fingerprint density at radius 1 is 1.00 bits per heavy atom. The fourth-order valence-corrected chi connectivity index (χ4v) is 2.24. The van der Waals surface area contributed by atoms with Gasteiger partial charge in [-0.15, -0.1) is 0 Å². The first kappa shape index (κ1) is 14.7. The van der Waals surface area contributed by atoms with Crippen LogP contribution in [0.2, 0.25) is 0 Å². The summed E-state index contributed by atoms with van der Waals surface area (Å²) >= 11 is 2.21. The van der Waals surface area contributed by atoms with Crippen molar-refractivity contribution in [1.29, 1.82) is 0 Å². The Morgan fingerprint density at radius 3 is 2.15 bits per heavy atom. The molecule has 3 nitrogen and oxygen atoms in total. The van der Waals surface area contributed by atoms with E-state index in [-0.39, 0.29) is 11.7 Å². The molecular formula is C16H14INO2. The smallest absolute Gasteiger partial charge is 0.255 e. The monoisotopic (exact) mass is 379 g/mol. The summed E-state index contributed by atoms with van der Waals surface area (Å²) in [6.07, 6.45) is 0. The van der Waals surface area contributed by atoms with Crippen molar-refractivity contribution < 1.29 is 9.59 Å². The second-order valence-corrected chi connectivity index (χ2v) is 5.71. The second-order valence-electron chi connectivity index (χ2n) is 4.55. The van der Waals surface area contributed by atoms with Gasteiger partial charge < -0.3 is 5.32 Å². The van der Waals surface area contributed by atoms with Gasteiger partial charge in [0.15, 0.2) is 5.78 Å². The molecular weight excluding hydrogens is 365 g/mol. The summed E-state index contributed by atoms with van der Waals surface area (Å²) in [6, 6.07) is 12.5. The molecule has 0 unspecified atom stereocenters. The number of hydrogen-bond acceptors (Lipinski definition) is 2. The fourth-order valence-electron chi connectivity index (χ4n) is 1.73. The van der Waals surface area contributed by atoms with Gasteiger partial charge in [-0.1, -0.05) is 6.07 Å². The highest BCUT2D eigenvalue weighted by Crippen LogP contribution is 2.16. The van der Waals surface area contributed by atoms with Crippen LogP contribution in [0.5, 0.6) is 0 Å². The van der Waals surface area contributed by atoms with E-state index in [0.717, 1.165) is 9.13 Å². The lowest BCUT2D eigenvalue weighted by Crippen LogP contribution is -2.12. The SMILES string of the molecule is CC(=O)c1ccc(NC(=O)c2ccc(C)c(I)c2)cc1. The second kappa shape index (κ2) is 6.17. The van der Waals surface area contributed by atoms with Gasteiger partial charge >= 0.3 is 0 Å². The number of carbonyl (C=O) groups is 2. The Labute approximate surface area is 131 Å². The molecule has 0 aliphatic carbocycles. The molecule has 0 atom stereocenters. The molecule has 2 rings (SSSR count). The summed E-state index contributed by atoms with van der Waals surface area (Å²) in [5, 5.41) is 2.82. The maximum Gasteiger partial charge on any atom is 0.255 e. The Balaban J connectivity index is 2.14. The van der Waals surface area contributed by atoms with Crippen LogP contribution in [0.4, 0.5) is 5.69 Å². The first-order valence-corrected chi connectivity index (χ1v) is 7.24. The van der Waals surface area contributed by atoms with Gasteiger partial charge in [-0.2, -0.15) is 0 Å². The maximum absolute atomic E-state index is 12.1. The van der Waals surface area contributed by atoms with E-state index in [1.165, 1.54) is 6.92 Å². The highest BCUT2D eigenvalue weighted by molar-refractivity contribution is 14.1. The van der Waals surface area contributed by atoms with Gasteiger partial charge in [0, 0.05) is 20.4 Å². The lowest BCUT2D eigenvalue weighted by molar-refractivity contribution is 0.101. The number of halogens is 1. The van der Waals surface area contributed by atoms with E-state index in [9.17, 15) is 9.59 Å². The predicted octanol–water partition coefficient (Wildman–Crippen LogP) is 4.05. The van der Waals surface area contributed by atoms with Crippen LogP contribution in [0.3, 0.4) is 0 Å². The van der Waals surface area contributed by atoms with Crippen molar-refractivity contribution in [2.45, 2.75) is 13.8 Å². The number of hydrogen-bond donors (Lipinski definition) is 1. The van der Waals surface area contributed by atoms with Crippen molar-refractivity contribution in [3.05, 3.63) is 62.7 Å². The molecule has 0 aliphatic rings. The molecule has 0 aliphatic heterocycles. The van der Waals surface area contributed by atoms with Crippen LogP contribution in [0.1, 0.15) is 33.2 Å². The Hall–Kier alpha value is -1.69. The molecule has 0 bridgehead atoms. The summed E-state index contributed by atoms with van der Waals surface area (Å²) in [4.78, 5) is 23.3. The van der Waals surface area contributed by atoms with Crippen LogP contribution in [-0.4, -0.2) is 11.7 Å². The van der Waals surface area contributed by atoms with Crippen molar-refractivity contribution in [1.82, 2.24) is 0 Å². The fraction of sp³-hybridized carbons (Fsp3) is 0.125. The molecule has 0 saturated heterocycles. The molecule has 4 heteroatoms. The number of benzene rings is 2. The molecule has 1 amide bonds. The third kappa shape index (κ3) is 3.45. The van der Waals surface area contributed by atoms with Crippen LogP contribution < -0.4 is 5.32 Å². The molecule has 0 saturated carbocycles. The van der Waals surface area contributed by atoms with Crippen molar-refractivity contribution >= 4 is 40.0 Å². The van der Waals surface area contributed by atoms with Gasteiger partial charge in [-0.25, -0.2) is 0 Å². The van der Waals surface area contributed by atoms with Crippen molar-refractivity contribution in [2.75, 3.05) is 5.32 Å². The molecule has 102 valence electrons. The Morgan fingerprint density at radius 2 is 1.60 bits per heavy atom. The number of nitrogens with one attached hydrogen (secondary N) is 1. The summed E-state index contributed by atoms with van der Waals surface area (Å²) in [5.74, 6) is -0.144. The van der Waals surface area contributed by atoms with E-state index < -0.39 is 0 Å². The minimum absolute atomic E-state index is 0.0102. The van der Waals surface area contributed by atoms with Crippen LogP contribution in [-0.2, 0) is 0 Å². The van der Waals surface area contributed by atoms with Crippen LogP contribution in [0, 0.1) is 10.5 Å². The van der Waals surface area contributed by atoms with E-state index in [1.807, 2.05) is 19.1 Å². The predicted molar refractivity (Wildman–Crippen MR) is 88.3 cm³/mol. The third-order valence-electron chi connectivity index (χ3n) is 2.98. The lowest BCUT2D eigenvalue weighted by atomic mass is 10.1. The van der Waals surface area contributed by atoms with Gasteiger partial charge in [0.25, 0.3) is 5.91 Å². The molecule has 20 heavy (non-hydrogen) atoms.